The number of hydrogen-bond acceptors (Lipinski definition) is 2. The molecule has 3 nitrogen and oxygen atoms in total. The van der Waals surface area contributed by atoms with Crippen molar-refractivity contribution in [1.29, 1.82) is 0 Å². The van der Waals surface area contributed by atoms with Gasteiger partial charge in [-0.2, -0.15) is 0 Å². The lowest BCUT2D eigenvalue weighted by Crippen LogP contribution is -2.33. The van der Waals surface area contributed by atoms with Crippen LogP contribution in [-0.2, 0) is 4.79 Å². The third-order valence-electron chi connectivity index (χ3n) is 3.38. The first-order valence-corrected chi connectivity index (χ1v) is 6.66. The highest BCUT2D eigenvalue weighted by Crippen LogP contribution is 2.27. The Labute approximate surface area is 113 Å². The van der Waals surface area contributed by atoms with Crippen LogP contribution in [0.25, 0.3) is 0 Å². The third kappa shape index (κ3) is 3.32. The van der Waals surface area contributed by atoms with Crippen molar-refractivity contribution in [3.63, 3.8) is 0 Å². The van der Waals surface area contributed by atoms with E-state index < -0.39 is 0 Å². The van der Waals surface area contributed by atoms with Crippen molar-refractivity contribution in [3.8, 4) is 0 Å². The number of carbonyl (C=O) groups excluding carboxylic acids is 1. The first-order chi connectivity index (χ1) is 8.88. The van der Waals surface area contributed by atoms with Crippen LogP contribution in [0.4, 0.5) is 4.39 Å². The Bertz CT molecular complexity index is 467. The molecule has 1 aromatic rings. The number of nitrogens with one attached hydrogen (secondary N) is 1. The molecular weight excluding hydrogens is 243 g/mol. The number of hydrogen-bond donors (Lipinski definition) is 1. The molecule has 2 rings (SSSR count). The van der Waals surface area contributed by atoms with E-state index in [1.54, 1.807) is 23.1 Å². The quantitative estimate of drug-likeness (QED) is 0.910. The number of halogens is 1. The van der Waals surface area contributed by atoms with Gasteiger partial charge in [-0.25, -0.2) is 4.39 Å². The van der Waals surface area contributed by atoms with E-state index in [-0.39, 0.29) is 29.8 Å². The van der Waals surface area contributed by atoms with Crippen LogP contribution in [0.15, 0.2) is 24.3 Å². The minimum Gasteiger partial charge on any atom is -0.322 e. The van der Waals surface area contributed by atoms with Gasteiger partial charge in [0.05, 0.1) is 6.54 Å². The van der Waals surface area contributed by atoms with E-state index in [1.807, 2.05) is 0 Å². The van der Waals surface area contributed by atoms with Gasteiger partial charge in [0.15, 0.2) is 0 Å². The molecule has 1 aliphatic rings. The predicted octanol–water partition coefficient (Wildman–Crippen LogP) is 2.69. The van der Waals surface area contributed by atoms with Crippen LogP contribution in [0.2, 0.25) is 0 Å². The smallest absolute Gasteiger partial charge is 0.238 e. The first-order valence-electron chi connectivity index (χ1n) is 6.66. The Kier molecular flexibility index (Phi) is 3.90. The lowest BCUT2D eigenvalue weighted by atomic mass is 9.92. The van der Waals surface area contributed by atoms with Crippen molar-refractivity contribution < 1.29 is 9.18 Å². The minimum absolute atomic E-state index is 0.0394. The van der Waals surface area contributed by atoms with Crippen LogP contribution in [0.3, 0.4) is 0 Å². The Hall–Kier alpha value is -1.42. The van der Waals surface area contributed by atoms with Crippen LogP contribution in [0.5, 0.6) is 0 Å². The second-order valence-corrected chi connectivity index (χ2v) is 6.20. The summed E-state index contributed by atoms with van der Waals surface area (Å²) in [4.78, 5) is 13.7. The van der Waals surface area contributed by atoms with Crippen molar-refractivity contribution in [2.24, 2.45) is 5.41 Å². The fraction of sp³-hybridized carbons (Fsp3) is 0.533. The zero-order chi connectivity index (χ0) is 14.0. The van der Waals surface area contributed by atoms with E-state index in [0.29, 0.717) is 12.1 Å². The van der Waals surface area contributed by atoms with E-state index in [1.165, 1.54) is 6.07 Å². The average molecular weight is 264 g/mol. The summed E-state index contributed by atoms with van der Waals surface area (Å²) in [6.45, 7) is 7.34. The molecular formula is C15H21FN2O. The molecule has 0 aliphatic carbocycles. The number of rotatable bonds is 3. The molecule has 1 aliphatic heterocycles. The molecule has 4 heteroatoms. The van der Waals surface area contributed by atoms with Crippen molar-refractivity contribution in [1.82, 2.24) is 10.2 Å². The largest absolute Gasteiger partial charge is 0.322 e. The van der Waals surface area contributed by atoms with E-state index in [2.05, 4.69) is 26.1 Å². The number of amides is 1. The van der Waals surface area contributed by atoms with E-state index in [9.17, 15) is 9.18 Å². The summed E-state index contributed by atoms with van der Waals surface area (Å²) in [5.74, 6) is -0.229. The molecule has 1 amide bonds. The average Bonchev–Trinajstić information content (AvgIpc) is 2.68. The van der Waals surface area contributed by atoms with Gasteiger partial charge in [-0.3, -0.25) is 10.1 Å². The number of benzene rings is 1. The molecule has 0 saturated carbocycles. The Morgan fingerprint density at radius 2 is 2.05 bits per heavy atom. The molecule has 0 radical (unpaired) electrons. The van der Waals surface area contributed by atoms with Crippen molar-refractivity contribution in [2.45, 2.75) is 33.4 Å². The van der Waals surface area contributed by atoms with Gasteiger partial charge < -0.3 is 4.90 Å². The van der Waals surface area contributed by atoms with Gasteiger partial charge in [-0.1, -0.05) is 39.0 Å². The van der Waals surface area contributed by atoms with Crippen LogP contribution in [0.1, 0.15) is 38.9 Å². The van der Waals surface area contributed by atoms with E-state index in [4.69, 9.17) is 0 Å². The summed E-state index contributed by atoms with van der Waals surface area (Å²) >= 11 is 0. The predicted molar refractivity (Wildman–Crippen MR) is 72.9 cm³/mol. The van der Waals surface area contributed by atoms with Gasteiger partial charge in [-0.15, -0.1) is 0 Å². The van der Waals surface area contributed by atoms with E-state index >= 15 is 0 Å². The zero-order valence-corrected chi connectivity index (χ0v) is 11.7. The lowest BCUT2D eigenvalue weighted by molar-refractivity contribution is -0.128. The number of nitrogens with zero attached hydrogens (tertiary/aromatic N) is 1. The van der Waals surface area contributed by atoms with Crippen molar-refractivity contribution >= 4 is 5.91 Å². The molecule has 0 aromatic heterocycles. The summed E-state index contributed by atoms with van der Waals surface area (Å²) in [6, 6.07) is 6.62. The highest BCUT2D eigenvalue weighted by Gasteiger charge is 2.33. The van der Waals surface area contributed by atoms with Crippen LogP contribution < -0.4 is 5.32 Å². The van der Waals surface area contributed by atoms with Crippen molar-refractivity contribution in [2.75, 3.05) is 13.1 Å². The maximum atomic E-state index is 13.8. The van der Waals surface area contributed by atoms with Gasteiger partial charge in [0.1, 0.15) is 12.0 Å². The maximum absolute atomic E-state index is 13.8. The molecule has 1 fully saturated rings. The zero-order valence-electron chi connectivity index (χ0n) is 11.7. The standard InChI is InChI=1S/C15H21FN2O/c1-15(2,3)8-9-18-13(19)10-17-14(18)11-6-4-5-7-12(11)16/h4-7,14,17H,8-10H2,1-3H3. The summed E-state index contributed by atoms with van der Waals surface area (Å²) in [7, 11) is 0. The van der Waals surface area contributed by atoms with Crippen molar-refractivity contribution in [3.05, 3.63) is 35.6 Å². The molecule has 1 atom stereocenters. The third-order valence-corrected chi connectivity index (χ3v) is 3.38. The van der Waals surface area contributed by atoms with Gasteiger partial charge in [0.25, 0.3) is 0 Å². The molecule has 0 bridgehead atoms. The Balaban J connectivity index is 2.16. The van der Waals surface area contributed by atoms with Crippen LogP contribution in [-0.4, -0.2) is 23.9 Å². The summed E-state index contributed by atoms with van der Waals surface area (Å²) in [6.07, 6.45) is 0.557. The van der Waals surface area contributed by atoms with Crippen LogP contribution in [0, 0.1) is 11.2 Å². The fourth-order valence-corrected chi connectivity index (χ4v) is 2.22. The first kappa shape index (κ1) is 14.0. The van der Waals surface area contributed by atoms with Gasteiger partial charge >= 0.3 is 0 Å². The highest BCUT2D eigenvalue weighted by molar-refractivity contribution is 5.80. The second-order valence-electron chi connectivity index (χ2n) is 6.20. The van der Waals surface area contributed by atoms with Gasteiger partial charge in [0.2, 0.25) is 5.91 Å². The molecule has 1 saturated heterocycles. The summed E-state index contributed by atoms with van der Waals surface area (Å²) in [5, 5.41) is 3.09. The SMILES string of the molecule is CC(C)(C)CCN1C(=O)CNC1c1ccccc1F. The second kappa shape index (κ2) is 5.29. The van der Waals surface area contributed by atoms with Gasteiger partial charge in [-0.05, 0) is 17.9 Å². The van der Waals surface area contributed by atoms with Crippen LogP contribution >= 0.6 is 0 Å². The molecule has 104 valence electrons. The molecule has 1 unspecified atom stereocenters. The molecule has 1 N–H and O–H groups in total. The minimum atomic E-state index is -0.337. The molecule has 1 heterocycles. The monoisotopic (exact) mass is 264 g/mol. The number of carbonyl (C=O) groups is 1. The highest BCUT2D eigenvalue weighted by atomic mass is 19.1. The molecule has 0 spiro atoms. The topological polar surface area (TPSA) is 32.3 Å². The van der Waals surface area contributed by atoms with E-state index in [0.717, 1.165) is 6.42 Å². The summed E-state index contributed by atoms with van der Waals surface area (Å²) in [5.41, 5.74) is 0.699. The fourth-order valence-electron chi connectivity index (χ4n) is 2.22. The Morgan fingerprint density at radius 3 is 2.68 bits per heavy atom. The lowest BCUT2D eigenvalue weighted by Gasteiger charge is -2.28. The normalized spacial score (nSPS) is 20.1. The molecule has 1 aromatic carbocycles. The molecule has 19 heavy (non-hydrogen) atoms. The van der Waals surface area contributed by atoms with Gasteiger partial charge in [0, 0.05) is 12.1 Å². The Morgan fingerprint density at radius 1 is 1.37 bits per heavy atom. The maximum Gasteiger partial charge on any atom is 0.238 e. The summed E-state index contributed by atoms with van der Waals surface area (Å²) < 4.78 is 13.8.